The molecule has 0 amide bonds. The smallest absolute Gasteiger partial charge is 0.331 e. The standard InChI is InChI=1S/C11H11IO2/c1-8(11(13)14)6-9-2-4-10(7-12)5-3-9/h2-6H,7H2,1H3,(H,13,14)/b8-6+. The Morgan fingerprint density at radius 2 is 2.00 bits per heavy atom. The normalized spacial score (nSPS) is 11.4. The first kappa shape index (κ1) is 11.2. The highest BCUT2D eigenvalue weighted by Gasteiger charge is 1.99. The molecule has 0 spiro atoms. The molecule has 14 heavy (non-hydrogen) atoms. The lowest BCUT2D eigenvalue weighted by Crippen LogP contribution is -1.95. The van der Waals surface area contributed by atoms with E-state index in [1.807, 2.05) is 24.3 Å². The topological polar surface area (TPSA) is 37.3 Å². The summed E-state index contributed by atoms with van der Waals surface area (Å²) in [5.74, 6) is -0.872. The third kappa shape index (κ3) is 3.14. The highest BCUT2D eigenvalue weighted by molar-refractivity contribution is 14.1. The Kier molecular flexibility index (Phi) is 4.13. The number of rotatable bonds is 3. The van der Waals surface area contributed by atoms with Crippen LogP contribution in [-0.2, 0) is 9.22 Å². The van der Waals surface area contributed by atoms with Crippen LogP contribution in [0.25, 0.3) is 6.08 Å². The van der Waals surface area contributed by atoms with Crippen LogP contribution in [0.1, 0.15) is 18.1 Å². The van der Waals surface area contributed by atoms with Crippen LogP contribution in [0.3, 0.4) is 0 Å². The van der Waals surface area contributed by atoms with Crippen LogP contribution in [0.5, 0.6) is 0 Å². The summed E-state index contributed by atoms with van der Waals surface area (Å²) < 4.78 is 0.972. The minimum Gasteiger partial charge on any atom is -0.478 e. The summed E-state index contributed by atoms with van der Waals surface area (Å²) in [6.45, 7) is 1.59. The Labute approximate surface area is 96.8 Å². The zero-order chi connectivity index (χ0) is 10.6. The molecule has 1 aromatic rings. The fourth-order valence-corrected chi connectivity index (χ4v) is 1.52. The molecule has 0 saturated carbocycles. The van der Waals surface area contributed by atoms with Crippen LogP contribution < -0.4 is 0 Å². The van der Waals surface area contributed by atoms with Crippen LogP contribution >= 0.6 is 22.6 Å². The predicted molar refractivity (Wildman–Crippen MR) is 65.5 cm³/mol. The van der Waals surface area contributed by atoms with Crippen molar-refractivity contribution < 1.29 is 9.90 Å². The van der Waals surface area contributed by atoms with E-state index in [0.29, 0.717) is 5.57 Å². The lowest BCUT2D eigenvalue weighted by atomic mass is 10.1. The number of carboxylic acids is 1. The van der Waals surface area contributed by atoms with Crippen LogP contribution in [0, 0.1) is 0 Å². The van der Waals surface area contributed by atoms with Crippen molar-refractivity contribution in [2.45, 2.75) is 11.4 Å². The lowest BCUT2D eigenvalue weighted by molar-refractivity contribution is -0.132. The molecule has 0 aliphatic carbocycles. The number of halogens is 1. The molecule has 0 unspecified atom stereocenters. The van der Waals surface area contributed by atoms with Crippen molar-refractivity contribution in [2.24, 2.45) is 0 Å². The van der Waals surface area contributed by atoms with Crippen molar-refractivity contribution in [2.75, 3.05) is 0 Å². The van der Waals surface area contributed by atoms with E-state index < -0.39 is 5.97 Å². The number of hydrogen-bond acceptors (Lipinski definition) is 1. The fraction of sp³-hybridized carbons (Fsp3) is 0.182. The van der Waals surface area contributed by atoms with Gasteiger partial charge in [0.2, 0.25) is 0 Å². The maximum absolute atomic E-state index is 10.6. The highest BCUT2D eigenvalue weighted by atomic mass is 127. The van der Waals surface area contributed by atoms with Crippen molar-refractivity contribution >= 4 is 34.6 Å². The van der Waals surface area contributed by atoms with Gasteiger partial charge in [0, 0.05) is 10.0 Å². The van der Waals surface area contributed by atoms with Gasteiger partial charge in [-0.2, -0.15) is 0 Å². The van der Waals surface area contributed by atoms with E-state index in [1.54, 1.807) is 13.0 Å². The van der Waals surface area contributed by atoms with Crippen LogP contribution in [-0.4, -0.2) is 11.1 Å². The van der Waals surface area contributed by atoms with Crippen molar-refractivity contribution in [1.82, 2.24) is 0 Å². The lowest BCUT2D eigenvalue weighted by Gasteiger charge is -1.97. The molecule has 0 bridgehead atoms. The number of alkyl halides is 1. The third-order valence-electron chi connectivity index (χ3n) is 1.85. The highest BCUT2D eigenvalue weighted by Crippen LogP contribution is 2.11. The number of hydrogen-bond donors (Lipinski definition) is 1. The van der Waals surface area contributed by atoms with Gasteiger partial charge in [0.05, 0.1) is 0 Å². The molecule has 0 fully saturated rings. The average Bonchev–Trinajstić information content (AvgIpc) is 2.19. The minimum absolute atomic E-state index is 0.354. The second-order valence-corrected chi connectivity index (χ2v) is 3.77. The van der Waals surface area contributed by atoms with E-state index in [9.17, 15) is 4.79 Å². The van der Waals surface area contributed by atoms with Crippen molar-refractivity contribution in [3.05, 3.63) is 41.0 Å². The molecule has 1 N–H and O–H groups in total. The van der Waals surface area contributed by atoms with E-state index >= 15 is 0 Å². The number of benzene rings is 1. The SMILES string of the molecule is C/C(=C\c1ccc(CI)cc1)C(=O)O. The monoisotopic (exact) mass is 302 g/mol. The second-order valence-electron chi connectivity index (χ2n) is 3.01. The van der Waals surface area contributed by atoms with Gasteiger partial charge >= 0.3 is 5.97 Å². The van der Waals surface area contributed by atoms with E-state index in [-0.39, 0.29) is 0 Å². The molecule has 0 heterocycles. The molecule has 3 heteroatoms. The molecule has 1 rings (SSSR count). The molecule has 1 aromatic carbocycles. The fourth-order valence-electron chi connectivity index (χ4n) is 1.01. The van der Waals surface area contributed by atoms with Gasteiger partial charge in [0.1, 0.15) is 0 Å². The number of aliphatic carboxylic acids is 1. The third-order valence-corrected chi connectivity index (χ3v) is 2.74. The van der Waals surface area contributed by atoms with E-state index in [2.05, 4.69) is 22.6 Å². The van der Waals surface area contributed by atoms with Crippen molar-refractivity contribution in [3.63, 3.8) is 0 Å². The van der Waals surface area contributed by atoms with E-state index in [1.165, 1.54) is 5.56 Å². The predicted octanol–water partition coefficient (Wildman–Crippen LogP) is 3.11. The average molecular weight is 302 g/mol. The first-order chi connectivity index (χ1) is 6.63. The summed E-state index contributed by atoms with van der Waals surface area (Å²) in [5.41, 5.74) is 2.53. The van der Waals surface area contributed by atoms with Crippen molar-refractivity contribution in [3.8, 4) is 0 Å². The molecule has 74 valence electrons. The molecular weight excluding hydrogens is 291 g/mol. The first-order valence-corrected chi connectivity index (χ1v) is 5.72. The zero-order valence-electron chi connectivity index (χ0n) is 7.83. The molecule has 0 radical (unpaired) electrons. The quantitative estimate of drug-likeness (QED) is 0.529. The summed E-state index contributed by atoms with van der Waals surface area (Å²) in [4.78, 5) is 10.6. The van der Waals surface area contributed by atoms with Gasteiger partial charge in [0.25, 0.3) is 0 Å². The molecular formula is C11H11IO2. The molecule has 0 atom stereocenters. The summed E-state index contributed by atoms with van der Waals surface area (Å²) in [7, 11) is 0. The summed E-state index contributed by atoms with van der Waals surface area (Å²) in [5, 5.41) is 8.67. The Balaban J connectivity index is 2.88. The Hall–Kier alpha value is -0.840. The number of carbonyl (C=O) groups is 1. The van der Waals surface area contributed by atoms with Crippen molar-refractivity contribution in [1.29, 1.82) is 0 Å². The Bertz CT molecular complexity index is 352. The van der Waals surface area contributed by atoms with Crippen LogP contribution in [0.15, 0.2) is 29.8 Å². The van der Waals surface area contributed by atoms with Crippen LogP contribution in [0.2, 0.25) is 0 Å². The van der Waals surface area contributed by atoms with Gasteiger partial charge in [-0.1, -0.05) is 46.9 Å². The summed E-state index contributed by atoms with van der Waals surface area (Å²) in [6.07, 6.45) is 1.67. The minimum atomic E-state index is -0.872. The molecule has 2 nitrogen and oxygen atoms in total. The molecule has 0 aromatic heterocycles. The van der Waals surface area contributed by atoms with Gasteiger partial charge < -0.3 is 5.11 Å². The van der Waals surface area contributed by atoms with Gasteiger partial charge in [0.15, 0.2) is 0 Å². The molecule has 0 aliphatic rings. The number of carboxylic acid groups (broad SMARTS) is 1. The second kappa shape index (κ2) is 5.14. The van der Waals surface area contributed by atoms with E-state index in [4.69, 9.17) is 5.11 Å². The summed E-state index contributed by atoms with van der Waals surface area (Å²) in [6, 6.07) is 7.88. The molecule has 0 aliphatic heterocycles. The first-order valence-electron chi connectivity index (χ1n) is 4.20. The van der Waals surface area contributed by atoms with Gasteiger partial charge in [-0.3, -0.25) is 0 Å². The van der Waals surface area contributed by atoms with Gasteiger partial charge in [-0.05, 0) is 24.1 Å². The largest absolute Gasteiger partial charge is 0.478 e. The van der Waals surface area contributed by atoms with E-state index in [0.717, 1.165) is 9.99 Å². The molecule has 0 saturated heterocycles. The zero-order valence-corrected chi connectivity index (χ0v) is 9.98. The Morgan fingerprint density at radius 3 is 2.43 bits per heavy atom. The summed E-state index contributed by atoms with van der Waals surface area (Å²) >= 11 is 2.29. The Morgan fingerprint density at radius 1 is 1.43 bits per heavy atom. The maximum Gasteiger partial charge on any atom is 0.331 e. The maximum atomic E-state index is 10.6. The van der Waals surface area contributed by atoms with Crippen LogP contribution in [0.4, 0.5) is 0 Å². The van der Waals surface area contributed by atoms with Gasteiger partial charge in [-0.15, -0.1) is 0 Å². The van der Waals surface area contributed by atoms with Gasteiger partial charge in [-0.25, -0.2) is 4.79 Å².